The number of halogens is 2. The fourth-order valence-electron chi connectivity index (χ4n) is 3.94. The second-order valence-corrected chi connectivity index (χ2v) is 7.44. The van der Waals surface area contributed by atoms with E-state index in [9.17, 15) is 4.79 Å². The Morgan fingerprint density at radius 1 is 1.20 bits per heavy atom. The highest BCUT2D eigenvalue weighted by Crippen LogP contribution is 2.30. The average Bonchev–Trinajstić information content (AvgIpc) is 2.62. The van der Waals surface area contributed by atoms with Crippen molar-refractivity contribution in [2.75, 3.05) is 32.8 Å². The van der Waals surface area contributed by atoms with Crippen molar-refractivity contribution in [2.45, 2.75) is 32.6 Å². The Bertz CT molecular complexity index is 569. The molecule has 140 valence electrons. The largest absolute Gasteiger partial charge is 0.483 e. The number of ether oxygens (including phenoxy) is 1. The Morgan fingerprint density at radius 3 is 2.48 bits per heavy atom. The van der Waals surface area contributed by atoms with Crippen molar-refractivity contribution >= 4 is 29.9 Å². The summed E-state index contributed by atoms with van der Waals surface area (Å²) >= 11 is 5.94. The molecular formula is C19H28Cl2N2O2. The number of rotatable bonds is 4. The Morgan fingerprint density at radius 2 is 1.84 bits per heavy atom. The van der Waals surface area contributed by atoms with Gasteiger partial charge in [-0.05, 0) is 81.3 Å². The number of hydrogen-bond acceptors (Lipinski definition) is 3. The second kappa shape index (κ2) is 9.65. The van der Waals surface area contributed by atoms with Gasteiger partial charge in [0.25, 0.3) is 5.91 Å². The summed E-state index contributed by atoms with van der Waals surface area (Å²) < 4.78 is 5.69. The summed E-state index contributed by atoms with van der Waals surface area (Å²) in [6.07, 6.45) is 4.85. The molecule has 0 spiro atoms. The third kappa shape index (κ3) is 5.50. The third-order valence-corrected chi connectivity index (χ3v) is 5.67. The molecule has 6 heteroatoms. The second-order valence-electron chi connectivity index (χ2n) is 7.00. The minimum Gasteiger partial charge on any atom is -0.483 e. The minimum absolute atomic E-state index is 0. The predicted molar refractivity (Wildman–Crippen MR) is 104 cm³/mol. The van der Waals surface area contributed by atoms with Gasteiger partial charge in [-0.1, -0.05) is 11.6 Å². The van der Waals surface area contributed by atoms with Crippen LogP contribution in [0.25, 0.3) is 0 Å². The lowest BCUT2D eigenvalue weighted by atomic mass is 9.79. The van der Waals surface area contributed by atoms with Gasteiger partial charge in [0, 0.05) is 18.1 Å². The molecule has 1 aromatic carbocycles. The van der Waals surface area contributed by atoms with Crippen LogP contribution in [-0.4, -0.2) is 43.6 Å². The van der Waals surface area contributed by atoms with E-state index in [-0.39, 0.29) is 24.9 Å². The molecule has 0 atom stereocenters. The highest BCUT2D eigenvalue weighted by molar-refractivity contribution is 6.30. The van der Waals surface area contributed by atoms with Crippen molar-refractivity contribution in [1.29, 1.82) is 0 Å². The number of carbonyl (C=O) groups excluding carboxylic acids is 1. The van der Waals surface area contributed by atoms with Gasteiger partial charge in [-0.3, -0.25) is 4.79 Å². The molecule has 1 amide bonds. The van der Waals surface area contributed by atoms with E-state index in [4.69, 9.17) is 16.3 Å². The molecule has 2 saturated heterocycles. The quantitative estimate of drug-likeness (QED) is 0.857. The molecule has 3 rings (SSSR count). The number of likely N-dealkylation sites (tertiary alicyclic amines) is 1. The van der Waals surface area contributed by atoms with Crippen LogP contribution in [0.15, 0.2) is 18.2 Å². The van der Waals surface area contributed by atoms with Gasteiger partial charge in [0.05, 0.1) is 0 Å². The highest BCUT2D eigenvalue weighted by atomic mass is 35.5. The number of amides is 1. The van der Waals surface area contributed by atoms with E-state index >= 15 is 0 Å². The highest BCUT2D eigenvalue weighted by Gasteiger charge is 2.29. The molecule has 2 heterocycles. The van der Waals surface area contributed by atoms with E-state index in [1.807, 2.05) is 24.0 Å². The van der Waals surface area contributed by atoms with Crippen LogP contribution in [0.1, 0.15) is 31.2 Å². The lowest BCUT2D eigenvalue weighted by molar-refractivity contribution is -0.135. The van der Waals surface area contributed by atoms with Gasteiger partial charge in [-0.15, -0.1) is 12.4 Å². The van der Waals surface area contributed by atoms with Gasteiger partial charge in [0.1, 0.15) is 5.75 Å². The van der Waals surface area contributed by atoms with Crippen molar-refractivity contribution in [2.24, 2.45) is 11.8 Å². The zero-order valence-corrected chi connectivity index (χ0v) is 16.4. The predicted octanol–water partition coefficient (Wildman–Crippen LogP) is 3.69. The van der Waals surface area contributed by atoms with E-state index in [2.05, 4.69) is 5.32 Å². The van der Waals surface area contributed by atoms with Gasteiger partial charge in [0.2, 0.25) is 0 Å². The monoisotopic (exact) mass is 386 g/mol. The van der Waals surface area contributed by atoms with Crippen LogP contribution < -0.4 is 10.1 Å². The molecule has 2 aliphatic rings. The van der Waals surface area contributed by atoms with Crippen LogP contribution in [0.5, 0.6) is 5.75 Å². The molecule has 25 heavy (non-hydrogen) atoms. The van der Waals surface area contributed by atoms with Crippen molar-refractivity contribution < 1.29 is 9.53 Å². The summed E-state index contributed by atoms with van der Waals surface area (Å²) in [5, 5.41) is 4.12. The number of hydrogen-bond donors (Lipinski definition) is 1. The maximum atomic E-state index is 12.4. The Kier molecular flexibility index (Phi) is 7.85. The zero-order valence-electron chi connectivity index (χ0n) is 14.8. The smallest absolute Gasteiger partial charge is 0.260 e. The summed E-state index contributed by atoms with van der Waals surface area (Å²) in [7, 11) is 0. The minimum atomic E-state index is 0. The summed E-state index contributed by atoms with van der Waals surface area (Å²) in [4.78, 5) is 14.4. The molecule has 4 nitrogen and oxygen atoms in total. The Hall–Kier alpha value is -0.970. The lowest BCUT2D eigenvalue weighted by Gasteiger charge is -2.37. The van der Waals surface area contributed by atoms with E-state index in [0.717, 1.165) is 62.2 Å². The summed E-state index contributed by atoms with van der Waals surface area (Å²) in [6.45, 7) is 6.10. The van der Waals surface area contributed by atoms with E-state index < -0.39 is 0 Å². The summed E-state index contributed by atoms with van der Waals surface area (Å²) in [5.41, 5.74) is 0.958. The molecule has 2 aliphatic heterocycles. The average molecular weight is 387 g/mol. The number of aryl methyl sites for hydroxylation is 1. The molecule has 0 radical (unpaired) electrons. The van der Waals surface area contributed by atoms with Crippen molar-refractivity contribution in [1.82, 2.24) is 10.2 Å². The van der Waals surface area contributed by atoms with Gasteiger partial charge >= 0.3 is 0 Å². The fourth-order valence-corrected chi connectivity index (χ4v) is 4.17. The van der Waals surface area contributed by atoms with Crippen LogP contribution in [-0.2, 0) is 4.79 Å². The SMILES string of the molecule is Cc1cc(Cl)ccc1OCC(=O)N1CCC(C2CCNCC2)CC1.Cl. The summed E-state index contributed by atoms with van der Waals surface area (Å²) in [5.74, 6) is 2.46. The normalized spacial score (nSPS) is 19.4. The zero-order chi connectivity index (χ0) is 16.9. The number of benzene rings is 1. The molecule has 0 bridgehead atoms. The first-order valence-electron chi connectivity index (χ1n) is 9.01. The molecule has 2 fully saturated rings. The number of piperidine rings is 2. The topological polar surface area (TPSA) is 41.6 Å². The molecular weight excluding hydrogens is 359 g/mol. The van der Waals surface area contributed by atoms with Gasteiger partial charge in [-0.25, -0.2) is 0 Å². The number of nitrogens with zero attached hydrogens (tertiary/aromatic N) is 1. The molecule has 1 N–H and O–H groups in total. The summed E-state index contributed by atoms with van der Waals surface area (Å²) in [6, 6.07) is 5.47. The molecule has 0 aromatic heterocycles. The Labute approximate surface area is 161 Å². The number of carbonyl (C=O) groups is 1. The van der Waals surface area contributed by atoms with Crippen molar-refractivity contribution in [3.8, 4) is 5.75 Å². The van der Waals surface area contributed by atoms with Crippen LogP contribution in [0, 0.1) is 18.8 Å². The third-order valence-electron chi connectivity index (χ3n) is 5.43. The van der Waals surface area contributed by atoms with Crippen LogP contribution in [0.2, 0.25) is 5.02 Å². The van der Waals surface area contributed by atoms with Crippen LogP contribution >= 0.6 is 24.0 Å². The van der Waals surface area contributed by atoms with Crippen molar-refractivity contribution in [3.63, 3.8) is 0 Å². The Balaban J connectivity index is 0.00000225. The molecule has 1 aromatic rings. The van der Waals surface area contributed by atoms with E-state index in [1.165, 1.54) is 12.8 Å². The van der Waals surface area contributed by atoms with Crippen LogP contribution in [0.4, 0.5) is 0 Å². The standard InChI is InChI=1S/C19H27ClN2O2.ClH/c1-14-12-17(20)2-3-18(14)24-13-19(23)22-10-6-16(7-11-22)15-4-8-21-9-5-15;/h2-3,12,15-16,21H,4-11,13H2,1H3;1H. The van der Waals surface area contributed by atoms with Crippen molar-refractivity contribution in [3.05, 3.63) is 28.8 Å². The molecule has 0 unspecified atom stereocenters. The number of nitrogens with one attached hydrogen (secondary N) is 1. The van der Waals surface area contributed by atoms with Crippen LogP contribution in [0.3, 0.4) is 0 Å². The fraction of sp³-hybridized carbons (Fsp3) is 0.632. The van der Waals surface area contributed by atoms with Gasteiger partial charge < -0.3 is 15.0 Å². The van der Waals surface area contributed by atoms with E-state index in [0.29, 0.717) is 5.02 Å². The van der Waals surface area contributed by atoms with Gasteiger partial charge in [0.15, 0.2) is 6.61 Å². The molecule has 0 aliphatic carbocycles. The first-order valence-corrected chi connectivity index (χ1v) is 9.38. The van der Waals surface area contributed by atoms with E-state index in [1.54, 1.807) is 6.07 Å². The first-order chi connectivity index (χ1) is 11.6. The maximum Gasteiger partial charge on any atom is 0.260 e. The van der Waals surface area contributed by atoms with Gasteiger partial charge in [-0.2, -0.15) is 0 Å². The molecule has 0 saturated carbocycles. The lowest BCUT2D eigenvalue weighted by Crippen LogP contribution is -2.43. The first kappa shape index (κ1) is 20.3. The maximum absolute atomic E-state index is 12.4.